The summed E-state index contributed by atoms with van der Waals surface area (Å²) < 4.78 is 0.647. The molecule has 1 aliphatic heterocycles. The van der Waals surface area contributed by atoms with Gasteiger partial charge in [0.25, 0.3) is 0 Å². The topological polar surface area (TPSA) is 70.5 Å². The summed E-state index contributed by atoms with van der Waals surface area (Å²) in [6.45, 7) is 3.36. The number of thioether (sulfide) groups is 1. The van der Waals surface area contributed by atoms with Gasteiger partial charge >= 0.3 is 5.97 Å². The standard InChI is InChI=1S/C10H12N2O3S2/c1-6-8(9(14)15)17-10(11-6)16-5-7(13)12-3-2-4-12/h2-5H2,1H3,(H,14,15). The van der Waals surface area contributed by atoms with Crippen LogP contribution in [-0.2, 0) is 4.79 Å². The molecule has 1 aromatic heterocycles. The second kappa shape index (κ2) is 5.05. The van der Waals surface area contributed by atoms with E-state index in [0.29, 0.717) is 15.8 Å². The van der Waals surface area contributed by atoms with E-state index in [2.05, 4.69) is 4.98 Å². The Hall–Kier alpha value is -1.08. The minimum atomic E-state index is -0.957. The monoisotopic (exact) mass is 272 g/mol. The van der Waals surface area contributed by atoms with Crippen LogP contribution in [-0.4, -0.2) is 45.7 Å². The number of aromatic carboxylic acids is 1. The molecule has 92 valence electrons. The number of aryl methyl sites for hydroxylation is 1. The van der Waals surface area contributed by atoms with Crippen LogP contribution in [0.25, 0.3) is 0 Å². The molecule has 1 fully saturated rings. The van der Waals surface area contributed by atoms with Gasteiger partial charge in [-0.3, -0.25) is 4.79 Å². The summed E-state index contributed by atoms with van der Waals surface area (Å²) in [5.41, 5.74) is 0.515. The maximum absolute atomic E-state index is 11.6. The second-order valence-corrected chi connectivity index (χ2v) is 5.94. The molecule has 0 aliphatic carbocycles. The summed E-state index contributed by atoms with van der Waals surface area (Å²) in [6.07, 6.45) is 1.08. The molecule has 0 atom stereocenters. The highest BCUT2D eigenvalue weighted by molar-refractivity contribution is 8.01. The molecule has 5 nitrogen and oxygen atoms in total. The van der Waals surface area contributed by atoms with Crippen molar-refractivity contribution in [1.29, 1.82) is 0 Å². The number of amides is 1. The molecule has 1 N–H and O–H groups in total. The number of aromatic nitrogens is 1. The molecule has 7 heteroatoms. The van der Waals surface area contributed by atoms with Crippen molar-refractivity contribution in [3.63, 3.8) is 0 Å². The predicted molar refractivity (Wildman–Crippen MR) is 65.7 cm³/mol. The van der Waals surface area contributed by atoms with E-state index < -0.39 is 5.97 Å². The van der Waals surface area contributed by atoms with Crippen LogP contribution < -0.4 is 0 Å². The fourth-order valence-corrected chi connectivity index (χ4v) is 3.34. The lowest BCUT2D eigenvalue weighted by molar-refractivity contribution is -0.131. The third-order valence-corrected chi connectivity index (χ3v) is 4.77. The number of hydrogen-bond acceptors (Lipinski definition) is 5. The van der Waals surface area contributed by atoms with Crippen molar-refractivity contribution >= 4 is 35.0 Å². The van der Waals surface area contributed by atoms with E-state index in [1.54, 1.807) is 11.8 Å². The van der Waals surface area contributed by atoms with Crippen LogP contribution in [0.4, 0.5) is 0 Å². The molecule has 0 saturated carbocycles. The van der Waals surface area contributed by atoms with E-state index in [4.69, 9.17) is 5.11 Å². The van der Waals surface area contributed by atoms with Gasteiger partial charge in [0.2, 0.25) is 5.91 Å². The van der Waals surface area contributed by atoms with Crippen molar-refractivity contribution in [2.45, 2.75) is 17.7 Å². The van der Waals surface area contributed by atoms with Gasteiger partial charge in [-0.2, -0.15) is 0 Å². The molecule has 1 amide bonds. The number of hydrogen-bond donors (Lipinski definition) is 1. The van der Waals surface area contributed by atoms with Gasteiger partial charge in [0.05, 0.1) is 11.4 Å². The lowest BCUT2D eigenvalue weighted by Gasteiger charge is -2.30. The molecular formula is C10H12N2O3S2. The summed E-state index contributed by atoms with van der Waals surface area (Å²) in [4.78, 5) is 28.6. The molecule has 0 bridgehead atoms. The number of rotatable bonds is 4. The molecule has 0 spiro atoms. The molecule has 0 aromatic carbocycles. The average molecular weight is 272 g/mol. The number of carboxylic acids is 1. The quantitative estimate of drug-likeness (QED) is 0.841. The largest absolute Gasteiger partial charge is 0.477 e. The van der Waals surface area contributed by atoms with Gasteiger partial charge in [0.15, 0.2) is 4.34 Å². The lowest BCUT2D eigenvalue weighted by atomic mass is 10.2. The van der Waals surface area contributed by atoms with E-state index in [-0.39, 0.29) is 10.8 Å². The van der Waals surface area contributed by atoms with E-state index in [1.165, 1.54) is 11.8 Å². The van der Waals surface area contributed by atoms with E-state index in [1.807, 2.05) is 0 Å². The normalized spacial score (nSPS) is 14.5. The first kappa shape index (κ1) is 12.4. The number of carboxylic acid groups (broad SMARTS) is 1. The van der Waals surface area contributed by atoms with Crippen LogP contribution in [0.15, 0.2) is 4.34 Å². The third kappa shape index (κ3) is 2.78. The van der Waals surface area contributed by atoms with Crippen molar-refractivity contribution < 1.29 is 14.7 Å². The van der Waals surface area contributed by atoms with Crippen LogP contribution in [0.1, 0.15) is 21.8 Å². The lowest BCUT2D eigenvalue weighted by Crippen LogP contribution is -2.42. The molecule has 1 aromatic rings. The van der Waals surface area contributed by atoms with E-state index >= 15 is 0 Å². The Balaban J connectivity index is 1.92. The van der Waals surface area contributed by atoms with Gasteiger partial charge in [-0.25, -0.2) is 9.78 Å². The Kier molecular flexibility index (Phi) is 3.68. The van der Waals surface area contributed by atoms with Crippen molar-refractivity contribution in [2.24, 2.45) is 0 Å². The smallest absolute Gasteiger partial charge is 0.347 e. The summed E-state index contributed by atoms with van der Waals surface area (Å²) in [5, 5.41) is 8.88. The fraction of sp³-hybridized carbons (Fsp3) is 0.500. The zero-order valence-electron chi connectivity index (χ0n) is 9.30. The Labute approximate surface area is 107 Å². The first-order valence-corrected chi connectivity index (χ1v) is 6.99. The van der Waals surface area contributed by atoms with Gasteiger partial charge in [-0.05, 0) is 13.3 Å². The Morgan fingerprint density at radius 1 is 1.53 bits per heavy atom. The summed E-state index contributed by atoms with van der Waals surface area (Å²) in [5.74, 6) is -0.515. The average Bonchev–Trinajstić information content (AvgIpc) is 2.54. The Morgan fingerprint density at radius 2 is 2.24 bits per heavy atom. The first-order chi connectivity index (χ1) is 8.08. The molecule has 17 heavy (non-hydrogen) atoms. The highest BCUT2D eigenvalue weighted by atomic mass is 32.2. The summed E-state index contributed by atoms with van der Waals surface area (Å²) in [7, 11) is 0. The van der Waals surface area contributed by atoms with Gasteiger partial charge in [0, 0.05) is 13.1 Å². The first-order valence-electron chi connectivity index (χ1n) is 5.19. The Morgan fingerprint density at radius 3 is 2.71 bits per heavy atom. The van der Waals surface area contributed by atoms with Crippen molar-refractivity contribution in [3.05, 3.63) is 10.6 Å². The maximum atomic E-state index is 11.6. The SMILES string of the molecule is Cc1nc(SCC(=O)N2CCC2)sc1C(=O)O. The van der Waals surface area contributed by atoms with Crippen molar-refractivity contribution in [1.82, 2.24) is 9.88 Å². The van der Waals surface area contributed by atoms with Gasteiger partial charge in [-0.15, -0.1) is 11.3 Å². The molecule has 0 radical (unpaired) electrons. The van der Waals surface area contributed by atoms with Gasteiger partial charge in [0.1, 0.15) is 4.88 Å². The van der Waals surface area contributed by atoms with Crippen LogP contribution in [0, 0.1) is 6.92 Å². The molecule has 0 unspecified atom stereocenters. The highest BCUT2D eigenvalue weighted by Crippen LogP contribution is 2.27. The van der Waals surface area contributed by atoms with Gasteiger partial charge in [-0.1, -0.05) is 11.8 Å². The maximum Gasteiger partial charge on any atom is 0.347 e. The van der Waals surface area contributed by atoms with Crippen LogP contribution in [0.3, 0.4) is 0 Å². The molecule has 1 saturated heterocycles. The summed E-state index contributed by atoms with van der Waals surface area (Å²) >= 11 is 2.44. The Bertz CT molecular complexity index is 454. The van der Waals surface area contributed by atoms with Gasteiger partial charge < -0.3 is 10.0 Å². The second-order valence-electron chi connectivity index (χ2n) is 3.72. The van der Waals surface area contributed by atoms with E-state index in [9.17, 15) is 9.59 Å². The molecule has 2 rings (SSSR count). The van der Waals surface area contributed by atoms with Crippen LogP contribution in [0.2, 0.25) is 0 Å². The molecular weight excluding hydrogens is 260 g/mol. The number of carbonyl (C=O) groups excluding carboxylic acids is 1. The molecule has 1 aliphatic rings. The zero-order valence-corrected chi connectivity index (χ0v) is 10.9. The van der Waals surface area contributed by atoms with Crippen LogP contribution >= 0.6 is 23.1 Å². The third-order valence-electron chi connectivity index (χ3n) is 2.50. The number of nitrogens with zero attached hydrogens (tertiary/aromatic N) is 2. The molecule has 2 heterocycles. The van der Waals surface area contributed by atoms with Crippen LogP contribution in [0.5, 0.6) is 0 Å². The van der Waals surface area contributed by atoms with Crippen molar-refractivity contribution in [2.75, 3.05) is 18.8 Å². The minimum Gasteiger partial charge on any atom is -0.477 e. The number of thiazole rings is 1. The van der Waals surface area contributed by atoms with Crippen molar-refractivity contribution in [3.8, 4) is 0 Å². The highest BCUT2D eigenvalue weighted by Gasteiger charge is 2.21. The zero-order chi connectivity index (χ0) is 12.4. The fourth-order valence-electron chi connectivity index (χ4n) is 1.41. The summed E-state index contributed by atoms with van der Waals surface area (Å²) in [6, 6.07) is 0. The van der Waals surface area contributed by atoms with E-state index in [0.717, 1.165) is 30.8 Å². The number of carbonyl (C=O) groups is 2. The minimum absolute atomic E-state index is 0.103. The number of likely N-dealkylation sites (tertiary alicyclic amines) is 1. The predicted octanol–water partition coefficient (Wildman–Crippen LogP) is 1.47.